The second-order valence-electron chi connectivity index (χ2n) is 3.78. The van der Waals surface area contributed by atoms with Crippen LogP contribution in [0.5, 0.6) is 0 Å². The zero-order valence-electron chi connectivity index (χ0n) is 8.73. The number of nitrogens with one attached hydrogen (secondary N) is 1. The largest absolute Gasteiger partial charge is 0.311 e. The minimum atomic E-state index is 0.532. The molecule has 0 saturated carbocycles. The molecule has 0 aromatic rings. The van der Waals surface area contributed by atoms with Gasteiger partial charge in [-0.15, -0.1) is 11.6 Å². The Kier molecular flexibility index (Phi) is 6.87. The Bertz CT molecular complexity index is 106. The minimum absolute atomic E-state index is 0.532. The van der Waals surface area contributed by atoms with Crippen LogP contribution in [0.1, 0.15) is 40.5 Å². The topological polar surface area (TPSA) is 12.0 Å². The summed E-state index contributed by atoms with van der Waals surface area (Å²) in [6, 6.07) is 1.15. The van der Waals surface area contributed by atoms with E-state index >= 15 is 0 Å². The molecule has 0 aliphatic rings. The van der Waals surface area contributed by atoms with E-state index in [1.54, 1.807) is 0 Å². The van der Waals surface area contributed by atoms with Gasteiger partial charge in [-0.25, -0.2) is 0 Å². The van der Waals surface area contributed by atoms with Crippen LogP contribution in [0.25, 0.3) is 0 Å². The molecule has 0 aliphatic heterocycles. The van der Waals surface area contributed by atoms with E-state index in [0.29, 0.717) is 18.0 Å². The van der Waals surface area contributed by atoms with Crippen LogP contribution in [0.4, 0.5) is 0 Å². The number of halogens is 1. The molecule has 0 amide bonds. The molecule has 0 bridgehead atoms. The lowest BCUT2D eigenvalue weighted by atomic mass is 10.0. The highest BCUT2D eigenvalue weighted by atomic mass is 35.5. The van der Waals surface area contributed by atoms with Gasteiger partial charge < -0.3 is 5.32 Å². The summed E-state index contributed by atoms with van der Waals surface area (Å²) in [5.74, 6) is 1.30. The van der Waals surface area contributed by atoms with Crippen molar-refractivity contribution in [2.75, 3.05) is 5.88 Å². The maximum Gasteiger partial charge on any atom is 0.0263 e. The molecule has 0 aromatic heterocycles. The van der Waals surface area contributed by atoms with Crippen molar-refractivity contribution >= 4 is 11.6 Å². The average Bonchev–Trinajstić information content (AvgIpc) is 2.03. The van der Waals surface area contributed by atoms with Crippen molar-refractivity contribution in [1.82, 2.24) is 5.32 Å². The van der Waals surface area contributed by atoms with Crippen LogP contribution in [0.2, 0.25) is 0 Å². The second-order valence-corrected chi connectivity index (χ2v) is 4.09. The standard InChI is InChI=1S/C10H22ClN/c1-5-6-9(3)12-10(4)8(2)7-11/h8-10,12H,5-7H2,1-4H3. The molecule has 74 valence electrons. The van der Waals surface area contributed by atoms with Gasteiger partial charge in [0.05, 0.1) is 0 Å². The van der Waals surface area contributed by atoms with Gasteiger partial charge in [0.25, 0.3) is 0 Å². The van der Waals surface area contributed by atoms with Crippen LogP contribution < -0.4 is 5.32 Å². The van der Waals surface area contributed by atoms with Gasteiger partial charge in [-0.2, -0.15) is 0 Å². The highest BCUT2D eigenvalue weighted by molar-refractivity contribution is 6.18. The van der Waals surface area contributed by atoms with E-state index in [2.05, 4.69) is 33.0 Å². The molecular formula is C10H22ClN. The summed E-state index contributed by atoms with van der Waals surface area (Å²) in [4.78, 5) is 0. The molecule has 1 nitrogen and oxygen atoms in total. The Morgan fingerprint density at radius 2 is 1.83 bits per heavy atom. The van der Waals surface area contributed by atoms with E-state index in [0.717, 1.165) is 5.88 Å². The molecule has 3 unspecified atom stereocenters. The van der Waals surface area contributed by atoms with Gasteiger partial charge in [-0.1, -0.05) is 20.3 Å². The lowest BCUT2D eigenvalue weighted by molar-refractivity contribution is 0.374. The molecule has 0 saturated heterocycles. The Balaban J connectivity index is 3.59. The zero-order chi connectivity index (χ0) is 9.56. The number of hydrogen-bond acceptors (Lipinski definition) is 1. The van der Waals surface area contributed by atoms with Crippen molar-refractivity contribution in [3.05, 3.63) is 0 Å². The molecular weight excluding hydrogens is 170 g/mol. The molecule has 0 fully saturated rings. The number of hydrogen-bond donors (Lipinski definition) is 1. The Morgan fingerprint density at radius 3 is 2.25 bits per heavy atom. The van der Waals surface area contributed by atoms with Gasteiger partial charge in [-0.3, -0.25) is 0 Å². The third kappa shape index (κ3) is 5.00. The predicted molar refractivity (Wildman–Crippen MR) is 56.9 cm³/mol. The molecule has 2 heteroatoms. The van der Waals surface area contributed by atoms with Crippen LogP contribution >= 0.6 is 11.6 Å². The first-order valence-electron chi connectivity index (χ1n) is 4.93. The van der Waals surface area contributed by atoms with Crippen LogP contribution in [0.3, 0.4) is 0 Å². The van der Waals surface area contributed by atoms with Crippen molar-refractivity contribution < 1.29 is 0 Å². The fourth-order valence-electron chi connectivity index (χ4n) is 1.26. The Hall–Kier alpha value is 0.250. The molecule has 0 aromatic carbocycles. The first kappa shape index (κ1) is 12.2. The first-order chi connectivity index (χ1) is 5.61. The summed E-state index contributed by atoms with van der Waals surface area (Å²) in [5.41, 5.74) is 0. The fraction of sp³-hybridized carbons (Fsp3) is 1.00. The quantitative estimate of drug-likeness (QED) is 0.637. The molecule has 12 heavy (non-hydrogen) atoms. The Morgan fingerprint density at radius 1 is 1.25 bits per heavy atom. The van der Waals surface area contributed by atoms with E-state index < -0.39 is 0 Å². The Labute approximate surface area is 81.9 Å². The van der Waals surface area contributed by atoms with Crippen molar-refractivity contribution in [3.63, 3.8) is 0 Å². The van der Waals surface area contributed by atoms with E-state index in [1.807, 2.05) is 0 Å². The van der Waals surface area contributed by atoms with E-state index in [-0.39, 0.29) is 0 Å². The molecule has 0 heterocycles. The van der Waals surface area contributed by atoms with Crippen molar-refractivity contribution in [2.24, 2.45) is 5.92 Å². The van der Waals surface area contributed by atoms with Crippen LogP contribution in [-0.2, 0) is 0 Å². The molecule has 1 N–H and O–H groups in total. The summed E-state index contributed by atoms with van der Waals surface area (Å²) < 4.78 is 0. The predicted octanol–water partition coefficient (Wildman–Crippen LogP) is 3.03. The monoisotopic (exact) mass is 191 g/mol. The normalized spacial score (nSPS) is 18.8. The van der Waals surface area contributed by atoms with Crippen LogP contribution in [-0.4, -0.2) is 18.0 Å². The lowest BCUT2D eigenvalue weighted by Gasteiger charge is -2.23. The highest BCUT2D eigenvalue weighted by Gasteiger charge is 2.12. The van der Waals surface area contributed by atoms with Gasteiger partial charge >= 0.3 is 0 Å². The van der Waals surface area contributed by atoms with E-state index in [1.165, 1.54) is 12.8 Å². The molecule has 0 rings (SSSR count). The van der Waals surface area contributed by atoms with Gasteiger partial charge in [0.1, 0.15) is 0 Å². The third-order valence-corrected chi connectivity index (χ3v) is 2.85. The number of alkyl halides is 1. The minimum Gasteiger partial charge on any atom is -0.311 e. The summed E-state index contributed by atoms with van der Waals surface area (Å²) >= 11 is 5.77. The summed E-state index contributed by atoms with van der Waals surface area (Å²) in [7, 11) is 0. The van der Waals surface area contributed by atoms with E-state index in [9.17, 15) is 0 Å². The maximum atomic E-state index is 5.77. The average molecular weight is 192 g/mol. The summed E-state index contributed by atoms with van der Waals surface area (Å²) in [6.45, 7) is 8.84. The van der Waals surface area contributed by atoms with Gasteiger partial charge in [-0.05, 0) is 26.2 Å². The summed E-state index contributed by atoms with van der Waals surface area (Å²) in [6.07, 6.45) is 2.50. The van der Waals surface area contributed by atoms with Gasteiger partial charge in [0, 0.05) is 18.0 Å². The smallest absolute Gasteiger partial charge is 0.0263 e. The fourth-order valence-corrected chi connectivity index (χ4v) is 1.53. The van der Waals surface area contributed by atoms with Crippen molar-refractivity contribution in [3.8, 4) is 0 Å². The van der Waals surface area contributed by atoms with Gasteiger partial charge in [0.2, 0.25) is 0 Å². The van der Waals surface area contributed by atoms with Crippen LogP contribution in [0.15, 0.2) is 0 Å². The van der Waals surface area contributed by atoms with Crippen molar-refractivity contribution in [1.29, 1.82) is 0 Å². The molecule has 0 aliphatic carbocycles. The lowest BCUT2D eigenvalue weighted by Crippen LogP contribution is -2.39. The summed E-state index contributed by atoms with van der Waals surface area (Å²) in [5, 5.41) is 3.55. The number of rotatable bonds is 6. The zero-order valence-corrected chi connectivity index (χ0v) is 9.49. The molecule has 0 spiro atoms. The molecule has 3 atom stereocenters. The van der Waals surface area contributed by atoms with Crippen molar-refractivity contribution in [2.45, 2.75) is 52.6 Å². The first-order valence-corrected chi connectivity index (χ1v) is 5.47. The second kappa shape index (κ2) is 6.73. The maximum absolute atomic E-state index is 5.77. The molecule has 0 radical (unpaired) electrons. The van der Waals surface area contributed by atoms with Crippen LogP contribution in [0, 0.1) is 5.92 Å². The van der Waals surface area contributed by atoms with E-state index in [4.69, 9.17) is 11.6 Å². The highest BCUT2D eigenvalue weighted by Crippen LogP contribution is 2.06. The third-order valence-electron chi connectivity index (χ3n) is 2.37. The SMILES string of the molecule is CCCC(C)NC(C)C(C)CCl. The van der Waals surface area contributed by atoms with Gasteiger partial charge in [0.15, 0.2) is 0 Å².